The van der Waals surface area contributed by atoms with E-state index < -0.39 is 5.79 Å². The van der Waals surface area contributed by atoms with Gasteiger partial charge in [0.2, 0.25) is 5.79 Å². The van der Waals surface area contributed by atoms with Crippen molar-refractivity contribution in [2.24, 2.45) is 0 Å². The minimum Gasteiger partial charge on any atom is -0.456 e. The molecule has 0 amide bonds. The number of ether oxygens (including phenoxy) is 2. The normalized spacial score (nSPS) is 13.3. The van der Waals surface area contributed by atoms with Gasteiger partial charge in [0, 0.05) is 71.7 Å². The number of para-hydroxylation sites is 1. The smallest absolute Gasteiger partial charge is 0.245 e. The van der Waals surface area contributed by atoms with Crippen LogP contribution in [0, 0.1) is 0 Å². The Morgan fingerprint density at radius 1 is 0.458 bits per heavy atom. The summed E-state index contributed by atoms with van der Waals surface area (Å²) in [4.78, 5) is 8.76. The molecule has 48 heavy (non-hydrogen) atoms. The van der Waals surface area contributed by atoms with E-state index >= 15 is 0 Å². The van der Waals surface area contributed by atoms with Crippen molar-refractivity contribution >= 4 is 21.9 Å². The van der Waals surface area contributed by atoms with Crippen molar-refractivity contribution in [3.8, 4) is 67.1 Å². The molecule has 0 saturated heterocycles. The summed E-state index contributed by atoms with van der Waals surface area (Å²) in [5, 5.41) is 2.19. The number of benzene rings is 5. The van der Waals surface area contributed by atoms with E-state index in [4.69, 9.17) is 13.9 Å². The molecule has 0 radical (unpaired) electrons. The molecule has 1 aliphatic heterocycles. The maximum absolute atomic E-state index is 6.61. The lowest BCUT2D eigenvalue weighted by Crippen LogP contribution is -2.34. The highest BCUT2D eigenvalue weighted by Gasteiger charge is 2.30. The summed E-state index contributed by atoms with van der Waals surface area (Å²) < 4.78 is 19.3. The third-order valence-corrected chi connectivity index (χ3v) is 8.93. The summed E-state index contributed by atoms with van der Waals surface area (Å²) in [5.41, 5.74) is 12.2. The van der Waals surface area contributed by atoms with Crippen molar-refractivity contribution in [1.82, 2.24) is 9.97 Å². The van der Waals surface area contributed by atoms with E-state index in [-0.39, 0.29) is 0 Å². The Labute approximate surface area is 278 Å². The number of fused-ring (bicyclic) bond motifs is 6. The maximum Gasteiger partial charge on any atom is 0.245 e. The van der Waals surface area contributed by atoms with Gasteiger partial charge in [0.15, 0.2) is 0 Å². The van der Waals surface area contributed by atoms with Crippen LogP contribution in [0.5, 0.6) is 11.5 Å². The average Bonchev–Trinajstić information content (AvgIpc) is 3.46. The summed E-state index contributed by atoms with van der Waals surface area (Å²) in [7, 11) is 0. The molecule has 4 heterocycles. The molecular weight excluding hydrogens is 592 g/mol. The van der Waals surface area contributed by atoms with Gasteiger partial charge in [-0.3, -0.25) is 9.97 Å². The van der Waals surface area contributed by atoms with E-state index in [1.54, 1.807) is 12.4 Å². The maximum atomic E-state index is 6.61. The fourth-order valence-electron chi connectivity index (χ4n) is 6.77. The summed E-state index contributed by atoms with van der Waals surface area (Å²) in [5.74, 6) is 0.648. The van der Waals surface area contributed by atoms with Crippen molar-refractivity contribution < 1.29 is 13.9 Å². The fraction of sp³-hybridized carbons (Fsp3) is 0.0698. The summed E-state index contributed by atoms with van der Waals surface area (Å²) in [6, 6.07) is 41.9. The molecule has 8 aromatic rings. The Bertz CT molecular complexity index is 2430. The number of pyridine rings is 2. The molecule has 9 rings (SSSR count). The Kier molecular flexibility index (Phi) is 6.40. The highest BCUT2D eigenvalue weighted by molar-refractivity contribution is 6.12. The van der Waals surface area contributed by atoms with Gasteiger partial charge in [-0.1, -0.05) is 54.6 Å². The van der Waals surface area contributed by atoms with Crippen molar-refractivity contribution in [2.45, 2.75) is 19.6 Å². The third-order valence-electron chi connectivity index (χ3n) is 8.93. The predicted octanol–water partition coefficient (Wildman–Crippen LogP) is 11.2. The van der Waals surface area contributed by atoms with Crippen LogP contribution in [0.25, 0.3) is 77.6 Å². The topological polar surface area (TPSA) is 57.4 Å². The number of hydrogen-bond acceptors (Lipinski definition) is 5. The van der Waals surface area contributed by atoms with E-state index in [1.807, 2.05) is 62.6 Å². The number of nitrogens with zero attached hydrogens (tertiary/aromatic N) is 2. The first-order valence-electron chi connectivity index (χ1n) is 16.0. The van der Waals surface area contributed by atoms with Crippen molar-refractivity contribution in [3.05, 3.63) is 146 Å². The van der Waals surface area contributed by atoms with Crippen molar-refractivity contribution in [3.63, 3.8) is 0 Å². The molecule has 0 spiro atoms. The standard InChI is InChI=1S/C43H30N2O3/c1-43(2)47-39-17-15-27(31-20-32(29-8-6-18-44-25-29)22-33(21-31)30-9-7-19-45-26-30)23-37(39)35-16-14-28(24-41(35)48-43)34-11-5-13-40-42(34)36-10-3-4-12-38(36)46-40/h3-26H,1-2H3. The minimum atomic E-state index is -0.887. The number of aromatic nitrogens is 2. The SMILES string of the molecule is CC1(C)Oc2cc(-c3cccc4oc5ccccc5c34)ccc2-c2cc(-c3cc(-c4cccnc4)cc(-c4cccnc4)c3)ccc2O1. The van der Waals surface area contributed by atoms with Gasteiger partial charge in [-0.05, 0) is 100 Å². The molecule has 0 bridgehead atoms. The van der Waals surface area contributed by atoms with Gasteiger partial charge < -0.3 is 13.9 Å². The summed E-state index contributed by atoms with van der Waals surface area (Å²) in [6.45, 7) is 3.91. The second kappa shape index (κ2) is 11.0. The molecule has 0 fully saturated rings. The van der Waals surface area contributed by atoms with Crippen LogP contribution in [0.1, 0.15) is 13.8 Å². The molecule has 5 aromatic carbocycles. The quantitative estimate of drug-likeness (QED) is 0.195. The molecule has 1 aliphatic rings. The zero-order chi connectivity index (χ0) is 32.2. The van der Waals surface area contributed by atoms with Crippen LogP contribution >= 0.6 is 0 Å². The summed E-state index contributed by atoms with van der Waals surface area (Å²) >= 11 is 0. The van der Waals surface area contributed by atoms with Crippen molar-refractivity contribution in [1.29, 1.82) is 0 Å². The first kappa shape index (κ1) is 28.1. The lowest BCUT2D eigenvalue weighted by atomic mass is 9.91. The molecule has 0 aliphatic carbocycles. The third kappa shape index (κ3) is 4.88. The van der Waals surface area contributed by atoms with Crippen LogP contribution in [0.4, 0.5) is 0 Å². The average molecular weight is 623 g/mol. The molecule has 3 aromatic heterocycles. The Morgan fingerprint density at radius 3 is 1.85 bits per heavy atom. The van der Waals surface area contributed by atoms with Crippen LogP contribution in [0.3, 0.4) is 0 Å². The molecule has 0 atom stereocenters. The van der Waals surface area contributed by atoms with Crippen LogP contribution in [0.15, 0.2) is 151 Å². The monoisotopic (exact) mass is 622 g/mol. The van der Waals surface area contributed by atoms with Gasteiger partial charge in [-0.2, -0.15) is 0 Å². The first-order valence-corrected chi connectivity index (χ1v) is 16.0. The highest BCUT2D eigenvalue weighted by atomic mass is 16.7. The van der Waals surface area contributed by atoms with Crippen LogP contribution in [-0.2, 0) is 0 Å². The lowest BCUT2D eigenvalue weighted by Gasteiger charge is -2.26. The van der Waals surface area contributed by atoms with Gasteiger partial charge in [-0.25, -0.2) is 0 Å². The zero-order valence-corrected chi connectivity index (χ0v) is 26.5. The van der Waals surface area contributed by atoms with E-state index in [9.17, 15) is 0 Å². The van der Waals surface area contributed by atoms with Gasteiger partial charge in [-0.15, -0.1) is 0 Å². The molecule has 5 heteroatoms. The highest BCUT2D eigenvalue weighted by Crippen LogP contribution is 2.47. The largest absolute Gasteiger partial charge is 0.456 e. The van der Waals surface area contributed by atoms with Crippen molar-refractivity contribution in [2.75, 3.05) is 0 Å². The molecular formula is C43H30N2O3. The molecule has 5 nitrogen and oxygen atoms in total. The Morgan fingerprint density at radius 2 is 1.12 bits per heavy atom. The number of furan rings is 1. The summed E-state index contributed by atoms with van der Waals surface area (Å²) in [6.07, 6.45) is 7.40. The Balaban J connectivity index is 1.20. The predicted molar refractivity (Wildman–Crippen MR) is 192 cm³/mol. The lowest BCUT2D eigenvalue weighted by molar-refractivity contribution is -0.0778. The van der Waals surface area contributed by atoms with Crippen LogP contribution < -0.4 is 9.47 Å². The van der Waals surface area contributed by atoms with E-state index in [0.717, 1.165) is 89.1 Å². The van der Waals surface area contributed by atoms with Gasteiger partial charge in [0.05, 0.1) is 0 Å². The van der Waals surface area contributed by atoms with Gasteiger partial charge in [0.1, 0.15) is 22.7 Å². The second-order valence-electron chi connectivity index (χ2n) is 12.6. The first-order chi connectivity index (χ1) is 23.5. The van der Waals surface area contributed by atoms with E-state index in [0.29, 0.717) is 0 Å². The van der Waals surface area contributed by atoms with E-state index in [1.165, 1.54) is 0 Å². The minimum absolute atomic E-state index is 0.762. The van der Waals surface area contributed by atoms with Gasteiger partial charge >= 0.3 is 0 Å². The fourth-order valence-corrected chi connectivity index (χ4v) is 6.77. The second-order valence-corrected chi connectivity index (χ2v) is 12.6. The van der Waals surface area contributed by atoms with Crippen LogP contribution in [-0.4, -0.2) is 15.8 Å². The molecule has 0 unspecified atom stereocenters. The molecule has 0 saturated carbocycles. The number of rotatable bonds is 4. The number of hydrogen-bond donors (Lipinski definition) is 0. The van der Waals surface area contributed by atoms with E-state index in [2.05, 4.69) is 94.9 Å². The van der Waals surface area contributed by atoms with Crippen LogP contribution in [0.2, 0.25) is 0 Å². The zero-order valence-electron chi connectivity index (χ0n) is 26.5. The molecule has 0 N–H and O–H groups in total. The van der Waals surface area contributed by atoms with Gasteiger partial charge in [0.25, 0.3) is 0 Å². The Hall–Kier alpha value is -6.20. The molecule has 230 valence electrons.